The third-order valence-electron chi connectivity index (χ3n) is 2.54. The molecule has 0 saturated heterocycles. The summed E-state index contributed by atoms with van der Waals surface area (Å²) in [4.78, 5) is 27.9. The van der Waals surface area contributed by atoms with Crippen LogP contribution in [0.25, 0.3) is 0 Å². The number of aryl methyl sites for hydroxylation is 3. The predicted molar refractivity (Wildman–Crippen MR) is 68.1 cm³/mol. The second kappa shape index (κ2) is 4.81. The van der Waals surface area contributed by atoms with Gasteiger partial charge in [-0.15, -0.1) is 11.3 Å². The van der Waals surface area contributed by atoms with Gasteiger partial charge in [-0.05, 0) is 13.8 Å². The summed E-state index contributed by atoms with van der Waals surface area (Å²) >= 11 is 1.40. The maximum atomic E-state index is 12.0. The molecule has 2 heterocycles. The fourth-order valence-corrected chi connectivity index (χ4v) is 2.31. The minimum absolute atomic E-state index is 0.157. The lowest BCUT2D eigenvalue weighted by molar-refractivity contribution is 0.0891. The number of carbonyl (C=O) groups excluding carboxylic acids is 2. The largest absolute Gasteiger partial charge is 0.294 e. The number of aromatic nitrogens is 3. The number of ketones is 2. The van der Waals surface area contributed by atoms with E-state index < -0.39 is 0 Å². The first kappa shape index (κ1) is 12.6. The topological polar surface area (TPSA) is 64.8 Å². The summed E-state index contributed by atoms with van der Waals surface area (Å²) in [5.41, 5.74) is 1.51. The normalized spacial score (nSPS) is 10.6. The summed E-state index contributed by atoms with van der Waals surface area (Å²) in [5.74, 6) is -0.455. The Morgan fingerprint density at radius 2 is 2.06 bits per heavy atom. The van der Waals surface area contributed by atoms with Gasteiger partial charge in [0.15, 0.2) is 11.6 Å². The van der Waals surface area contributed by atoms with Crippen LogP contribution in [0.15, 0.2) is 11.6 Å². The molecule has 2 aromatic heterocycles. The molecule has 0 aliphatic carbocycles. The van der Waals surface area contributed by atoms with Gasteiger partial charge in [0.2, 0.25) is 0 Å². The Hall–Kier alpha value is -1.82. The molecule has 0 aromatic carbocycles. The SMILES string of the molecule is Cc1nc(C(=O)CC(=O)c2cn(C)nc2C)cs1. The molecule has 5 nitrogen and oxygen atoms in total. The second-order valence-electron chi connectivity index (χ2n) is 4.08. The zero-order valence-corrected chi connectivity index (χ0v) is 11.2. The zero-order chi connectivity index (χ0) is 13.3. The molecule has 0 fully saturated rings. The Morgan fingerprint density at radius 3 is 2.56 bits per heavy atom. The molecular formula is C12H13N3O2S. The number of hydrogen-bond acceptors (Lipinski definition) is 5. The highest BCUT2D eigenvalue weighted by Gasteiger charge is 2.18. The van der Waals surface area contributed by atoms with Crippen molar-refractivity contribution in [3.63, 3.8) is 0 Å². The fourth-order valence-electron chi connectivity index (χ4n) is 1.70. The lowest BCUT2D eigenvalue weighted by atomic mass is 10.1. The average molecular weight is 263 g/mol. The van der Waals surface area contributed by atoms with Crippen molar-refractivity contribution in [3.05, 3.63) is 33.5 Å². The van der Waals surface area contributed by atoms with Crippen molar-refractivity contribution in [2.45, 2.75) is 20.3 Å². The third kappa shape index (κ3) is 2.53. The first-order valence-corrected chi connectivity index (χ1v) is 6.34. The Morgan fingerprint density at radius 1 is 1.33 bits per heavy atom. The molecule has 0 bridgehead atoms. The highest BCUT2D eigenvalue weighted by Crippen LogP contribution is 2.13. The Balaban J connectivity index is 2.13. The molecule has 0 amide bonds. The van der Waals surface area contributed by atoms with E-state index >= 15 is 0 Å². The van der Waals surface area contributed by atoms with E-state index in [0.29, 0.717) is 17.0 Å². The molecule has 2 aromatic rings. The van der Waals surface area contributed by atoms with Crippen molar-refractivity contribution in [1.82, 2.24) is 14.8 Å². The highest BCUT2D eigenvalue weighted by atomic mass is 32.1. The first-order chi connectivity index (χ1) is 8.47. The maximum absolute atomic E-state index is 12.0. The van der Waals surface area contributed by atoms with Crippen LogP contribution in [0.3, 0.4) is 0 Å². The minimum atomic E-state index is -0.243. The van der Waals surface area contributed by atoms with E-state index in [1.807, 2.05) is 6.92 Å². The van der Waals surface area contributed by atoms with Crippen LogP contribution in [0.2, 0.25) is 0 Å². The molecule has 0 radical (unpaired) electrons. The molecule has 6 heteroatoms. The van der Waals surface area contributed by atoms with Crippen molar-refractivity contribution in [3.8, 4) is 0 Å². The summed E-state index contributed by atoms with van der Waals surface area (Å²) in [7, 11) is 1.75. The molecule has 0 N–H and O–H groups in total. The van der Waals surface area contributed by atoms with Crippen molar-refractivity contribution in [2.75, 3.05) is 0 Å². The van der Waals surface area contributed by atoms with Gasteiger partial charge in [0, 0.05) is 18.6 Å². The molecule has 0 aliphatic heterocycles. The van der Waals surface area contributed by atoms with Crippen LogP contribution < -0.4 is 0 Å². The zero-order valence-electron chi connectivity index (χ0n) is 10.4. The molecule has 0 atom stereocenters. The van der Waals surface area contributed by atoms with E-state index in [-0.39, 0.29) is 18.0 Å². The number of thiazole rings is 1. The van der Waals surface area contributed by atoms with Gasteiger partial charge < -0.3 is 0 Å². The number of hydrogen-bond donors (Lipinski definition) is 0. The Kier molecular flexibility index (Phi) is 3.38. The summed E-state index contributed by atoms with van der Waals surface area (Å²) < 4.78 is 1.57. The second-order valence-corrected chi connectivity index (χ2v) is 5.14. The fraction of sp³-hybridized carbons (Fsp3) is 0.333. The standard InChI is InChI=1S/C12H13N3O2S/c1-7-9(5-15(3)14-7)11(16)4-12(17)10-6-18-8(2)13-10/h5-6H,4H2,1-3H3. The van der Waals surface area contributed by atoms with E-state index in [9.17, 15) is 9.59 Å². The van der Waals surface area contributed by atoms with Crippen LogP contribution in [-0.4, -0.2) is 26.3 Å². The van der Waals surface area contributed by atoms with Crippen LogP contribution in [-0.2, 0) is 7.05 Å². The van der Waals surface area contributed by atoms with E-state index in [4.69, 9.17) is 0 Å². The van der Waals surface area contributed by atoms with Crippen LogP contribution in [0, 0.1) is 13.8 Å². The molecule has 18 heavy (non-hydrogen) atoms. The van der Waals surface area contributed by atoms with Gasteiger partial charge in [0.05, 0.1) is 22.7 Å². The van der Waals surface area contributed by atoms with Crippen molar-refractivity contribution >= 4 is 22.9 Å². The summed E-state index contributed by atoms with van der Waals surface area (Å²) in [5, 5.41) is 6.59. The molecule has 0 saturated carbocycles. The average Bonchev–Trinajstić information content (AvgIpc) is 2.84. The van der Waals surface area contributed by atoms with Crippen LogP contribution in [0.1, 0.15) is 38.0 Å². The van der Waals surface area contributed by atoms with Gasteiger partial charge in [0.1, 0.15) is 5.69 Å². The minimum Gasteiger partial charge on any atom is -0.294 e. The van der Waals surface area contributed by atoms with Crippen LogP contribution in [0.4, 0.5) is 0 Å². The van der Waals surface area contributed by atoms with E-state index in [1.54, 1.807) is 30.2 Å². The van der Waals surface area contributed by atoms with Gasteiger partial charge in [0.25, 0.3) is 0 Å². The molecule has 0 unspecified atom stereocenters. The lowest BCUT2D eigenvalue weighted by Crippen LogP contribution is -2.09. The Labute approximate surface area is 108 Å². The molecular weight excluding hydrogens is 250 g/mol. The van der Waals surface area contributed by atoms with Gasteiger partial charge in [-0.1, -0.05) is 0 Å². The van der Waals surface area contributed by atoms with Gasteiger partial charge in [-0.2, -0.15) is 5.10 Å². The number of Topliss-reactive ketones (excluding diaryl/α,β-unsaturated/α-hetero) is 2. The van der Waals surface area contributed by atoms with Crippen molar-refractivity contribution in [1.29, 1.82) is 0 Å². The molecule has 2 rings (SSSR count). The number of nitrogens with zero attached hydrogens (tertiary/aromatic N) is 3. The van der Waals surface area contributed by atoms with Crippen molar-refractivity contribution < 1.29 is 9.59 Å². The monoisotopic (exact) mass is 263 g/mol. The summed E-state index contributed by atoms with van der Waals surface area (Å²) in [6.07, 6.45) is 1.48. The van der Waals surface area contributed by atoms with E-state index in [1.165, 1.54) is 11.3 Å². The quantitative estimate of drug-likeness (QED) is 0.624. The molecule has 0 spiro atoms. The van der Waals surface area contributed by atoms with Gasteiger partial charge in [-0.25, -0.2) is 4.98 Å². The first-order valence-electron chi connectivity index (χ1n) is 5.46. The highest BCUT2D eigenvalue weighted by molar-refractivity contribution is 7.09. The number of carbonyl (C=O) groups is 2. The van der Waals surface area contributed by atoms with Crippen LogP contribution >= 0.6 is 11.3 Å². The van der Waals surface area contributed by atoms with E-state index in [2.05, 4.69) is 10.1 Å². The van der Waals surface area contributed by atoms with E-state index in [0.717, 1.165) is 5.01 Å². The smallest absolute Gasteiger partial charge is 0.189 e. The summed E-state index contributed by atoms with van der Waals surface area (Å²) in [6.45, 7) is 3.58. The number of rotatable bonds is 4. The maximum Gasteiger partial charge on any atom is 0.189 e. The van der Waals surface area contributed by atoms with Gasteiger partial charge >= 0.3 is 0 Å². The predicted octanol–water partition coefficient (Wildman–Crippen LogP) is 1.95. The third-order valence-corrected chi connectivity index (χ3v) is 3.31. The summed E-state index contributed by atoms with van der Waals surface area (Å²) in [6, 6.07) is 0. The van der Waals surface area contributed by atoms with Gasteiger partial charge in [-0.3, -0.25) is 14.3 Å². The van der Waals surface area contributed by atoms with Crippen LogP contribution in [0.5, 0.6) is 0 Å². The molecule has 94 valence electrons. The van der Waals surface area contributed by atoms with Crippen molar-refractivity contribution in [2.24, 2.45) is 7.05 Å². The lowest BCUT2D eigenvalue weighted by Gasteiger charge is -1.96. The Bertz CT molecular complexity index is 613. The molecule has 0 aliphatic rings.